The van der Waals surface area contributed by atoms with Crippen molar-refractivity contribution in [1.29, 1.82) is 0 Å². The number of fused-ring (bicyclic) bond motifs is 1. The SMILES string of the molecule is CC(C)(N)C(N)N1CC([N+](=O)[O-])=Cc2ccccc21. The van der Waals surface area contributed by atoms with Crippen LogP contribution in [0.15, 0.2) is 30.0 Å². The molecule has 0 fully saturated rings. The number of anilines is 1. The second-order valence-corrected chi connectivity index (χ2v) is 5.35. The second-order valence-electron chi connectivity index (χ2n) is 5.35. The monoisotopic (exact) mass is 262 g/mol. The summed E-state index contributed by atoms with van der Waals surface area (Å²) in [6.45, 7) is 3.78. The van der Waals surface area contributed by atoms with E-state index in [4.69, 9.17) is 11.5 Å². The van der Waals surface area contributed by atoms with Crippen molar-refractivity contribution >= 4 is 11.8 Å². The number of hydrogen-bond donors (Lipinski definition) is 2. The summed E-state index contributed by atoms with van der Waals surface area (Å²) in [5.41, 5.74) is 13.3. The number of nitrogens with zero attached hydrogens (tertiary/aromatic N) is 2. The molecule has 0 radical (unpaired) electrons. The molecule has 1 aliphatic heterocycles. The highest BCUT2D eigenvalue weighted by Gasteiger charge is 2.33. The van der Waals surface area contributed by atoms with Gasteiger partial charge < -0.3 is 16.4 Å². The molecular formula is C13H18N4O2. The number of nitrogens with two attached hydrogens (primary N) is 2. The van der Waals surface area contributed by atoms with Crippen molar-refractivity contribution in [1.82, 2.24) is 0 Å². The summed E-state index contributed by atoms with van der Waals surface area (Å²) >= 11 is 0. The van der Waals surface area contributed by atoms with E-state index in [1.807, 2.05) is 38.1 Å². The third-order valence-electron chi connectivity index (χ3n) is 3.23. The second kappa shape index (κ2) is 4.64. The van der Waals surface area contributed by atoms with Crippen LogP contribution < -0.4 is 16.4 Å². The fourth-order valence-electron chi connectivity index (χ4n) is 2.12. The molecule has 1 unspecified atom stereocenters. The molecule has 1 aliphatic rings. The Morgan fingerprint density at radius 1 is 1.42 bits per heavy atom. The zero-order chi connectivity index (χ0) is 14.2. The molecule has 0 aliphatic carbocycles. The molecule has 0 bridgehead atoms. The van der Waals surface area contributed by atoms with Crippen LogP contribution in [-0.2, 0) is 0 Å². The normalized spacial score (nSPS) is 16.6. The molecule has 2 rings (SSSR count). The van der Waals surface area contributed by atoms with Gasteiger partial charge in [-0.15, -0.1) is 0 Å². The first kappa shape index (κ1) is 13.5. The number of hydrogen-bond acceptors (Lipinski definition) is 5. The standard InChI is InChI=1S/C13H18N4O2/c1-13(2,15)12(14)16-8-10(17(18)19)7-9-5-3-4-6-11(9)16/h3-7,12H,8,14-15H2,1-2H3. The van der Waals surface area contributed by atoms with Crippen molar-refractivity contribution in [2.45, 2.75) is 25.6 Å². The highest BCUT2D eigenvalue weighted by Crippen LogP contribution is 2.31. The Bertz CT molecular complexity index is 534. The van der Waals surface area contributed by atoms with Gasteiger partial charge in [0.2, 0.25) is 0 Å². The van der Waals surface area contributed by atoms with Gasteiger partial charge in [0, 0.05) is 22.9 Å². The van der Waals surface area contributed by atoms with Crippen LogP contribution in [0.3, 0.4) is 0 Å². The third kappa shape index (κ3) is 2.59. The molecule has 6 nitrogen and oxygen atoms in total. The van der Waals surface area contributed by atoms with Crippen LogP contribution in [0.1, 0.15) is 19.4 Å². The lowest BCUT2D eigenvalue weighted by atomic mass is 9.98. The lowest BCUT2D eigenvalue weighted by Gasteiger charge is -2.40. The average molecular weight is 262 g/mol. The van der Waals surface area contributed by atoms with Gasteiger partial charge in [0.15, 0.2) is 0 Å². The van der Waals surface area contributed by atoms with Crippen molar-refractivity contribution in [3.63, 3.8) is 0 Å². The first-order chi connectivity index (χ1) is 8.80. The highest BCUT2D eigenvalue weighted by molar-refractivity contribution is 5.72. The first-order valence-corrected chi connectivity index (χ1v) is 6.06. The molecule has 0 spiro atoms. The summed E-state index contributed by atoms with van der Waals surface area (Å²) in [6.07, 6.45) is 1.08. The van der Waals surface area contributed by atoms with E-state index in [0.29, 0.717) is 0 Å². The van der Waals surface area contributed by atoms with Gasteiger partial charge in [-0.1, -0.05) is 18.2 Å². The molecule has 1 aromatic rings. The highest BCUT2D eigenvalue weighted by atomic mass is 16.6. The van der Waals surface area contributed by atoms with E-state index in [-0.39, 0.29) is 17.2 Å². The van der Waals surface area contributed by atoms with Gasteiger partial charge in [0.1, 0.15) is 6.54 Å². The van der Waals surface area contributed by atoms with Crippen molar-refractivity contribution in [2.75, 3.05) is 11.4 Å². The van der Waals surface area contributed by atoms with Gasteiger partial charge in [-0.3, -0.25) is 10.1 Å². The summed E-state index contributed by atoms with van der Waals surface area (Å²) in [7, 11) is 0. The fourth-order valence-corrected chi connectivity index (χ4v) is 2.12. The van der Waals surface area contributed by atoms with Crippen LogP contribution in [0.2, 0.25) is 0 Å². The van der Waals surface area contributed by atoms with E-state index in [1.165, 1.54) is 0 Å². The maximum atomic E-state index is 11.0. The maximum Gasteiger partial charge on any atom is 0.266 e. The van der Waals surface area contributed by atoms with E-state index in [9.17, 15) is 10.1 Å². The van der Waals surface area contributed by atoms with E-state index >= 15 is 0 Å². The first-order valence-electron chi connectivity index (χ1n) is 6.06. The van der Waals surface area contributed by atoms with Crippen LogP contribution in [0.25, 0.3) is 6.08 Å². The Morgan fingerprint density at radius 2 is 2.05 bits per heavy atom. The van der Waals surface area contributed by atoms with Gasteiger partial charge >= 0.3 is 0 Å². The van der Waals surface area contributed by atoms with Crippen LogP contribution in [0.4, 0.5) is 5.69 Å². The minimum atomic E-state index is -0.661. The minimum Gasteiger partial charge on any atom is -0.343 e. The Morgan fingerprint density at radius 3 is 2.63 bits per heavy atom. The van der Waals surface area contributed by atoms with Gasteiger partial charge in [0.25, 0.3) is 5.70 Å². The lowest BCUT2D eigenvalue weighted by Crippen LogP contribution is -2.61. The molecule has 1 atom stereocenters. The summed E-state index contributed by atoms with van der Waals surface area (Å²) in [6, 6.07) is 7.46. The Labute approximate surface area is 111 Å². The molecule has 0 aromatic heterocycles. The predicted molar refractivity (Wildman–Crippen MR) is 75.0 cm³/mol. The van der Waals surface area contributed by atoms with Gasteiger partial charge in [0.05, 0.1) is 11.1 Å². The summed E-state index contributed by atoms with van der Waals surface area (Å²) < 4.78 is 0. The molecule has 4 N–H and O–H groups in total. The Balaban J connectivity index is 2.47. The van der Waals surface area contributed by atoms with Crippen LogP contribution in [-0.4, -0.2) is 23.2 Å². The number of benzene rings is 1. The zero-order valence-electron chi connectivity index (χ0n) is 11.0. The molecule has 1 aromatic carbocycles. The third-order valence-corrected chi connectivity index (χ3v) is 3.23. The molecule has 0 saturated carbocycles. The smallest absolute Gasteiger partial charge is 0.266 e. The molecule has 0 saturated heterocycles. The molecule has 19 heavy (non-hydrogen) atoms. The molecular weight excluding hydrogens is 244 g/mol. The van der Waals surface area contributed by atoms with Gasteiger partial charge in [-0.2, -0.15) is 0 Å². The van der Waals surface area contributed by atoms with E-state index < -0.39 is 11.7 Å². The van der Waals surface area contributed by atoms with E-state index in [1.54, 1.807) is 11.0 Å². The van der Waals surface area contributed by atoms with Gasteiger partial charge in [-0.05, 0) is 19.9 Å². The number of nitro groups is 1. The quantitative estimate of drug-likeness (QED) is 0.629. The molecule has 102 valence electrons. The average Bonchev–Trinajstić information content (AvgIpc) is 2.35. The summed E-state index contributed by atoms with van der Waals surface area (Å²) in [5, 5.41) is 11.0. The lowest BCUT2D eigenvalue weighted by molar-refractivity contribution is -0.424. The fraction of sp³-hybridized carbons (Fsp3) is 0.385. The summed E-state index contributed by atoms with van der Waals surface area (Å²) in [4.78, 5) is 12.4. The van der Waals surface area contributed by atoms with Crippen LogP contribution >= 0.6 is 0 Å². The zero-order valence-corrected chi connectivity index (χ0v) is 11.0. The van der Waals surface area contributed by atoms with Crippen LogP contribution in [0, 0.1) is 10.1 Å². The minimum absolute atomic E-state index is 0.124. The maximum absolute atomic E-state index is 11.0. The number of rotatable bonds is 3. The van der Waals surface area contributed by atoms with Crippen molar-refractivity contribution in [3.8, 4) is 0 Å². The molecule has 0 amide bonds. The topological polar surface area (TPSA) is 98.4 Å². The van der Waals surface area contributed by atoms with Crippen LogP contribution in [0.5, 0.6) is 0 Å². The summed E-state index contributed by atoms with van der Waals surface area (Å²) in [5.74, 6) is 0. The largest absolute Gasteiger partial charge is 0.343 e. The molecule has 1 heterocycles. The van der Waals surface area contributed by atoms with Gasteiger partial charge in [-0.25, -0.2) is 0 Å². The number of para-hydroxylation sites is 1. The van der Waals surface area contributed by atoms with E-state index in [0.717, 1.165) is 11.3 Å². The van der Waals surface area contributed by atoms with Crippen molar-refractivity contribution in [3.05, 3.63) is 45.6 Å². The van der Waals surface area contributed by atoms with E-state index in [2.05, 4.69) is 0 Å². The Kier molecular flexibility index (Phi) is 3.30. The van der Waals surface area contributed by atoms with Crippen molar-refractivity contribution in [2.24, 2.45) is 11.5 Å². The van der Waals surface area contributed by atoms with Crippen molar-refractivity contribution < 1.29 is 4.92 Å². The Hall–Kier alpha value is -1.92. The molecule has 6 heteroatoms. The predicted octanol–water partition coefficient (Wildman–Crippen LogP) is 1.15.